The van der Waals surface area contributed by atoms with Crippen LogP contribution in [0.2, 0.25) is 0 Å². The van der Waals surface area contributed by atoms with Crippen molar-refractivity contribution in [2.75, 3.05) is 32.1 Å². The largest absolute Gasteiger partial charge is 0.496 e. The Morgan fingerprint density at radius 1 is 1.10 bits per heavy atom. The second-order valence-electron chi connectivity index (χ2n) is 8.16. The number of carbonyl (C=O) groups excluding carboxylic acids is 2. The number of methoxy groups -OCH3 is 1. The summed E-state index contributed by atoms with van der Waals surface area (Å²) in [4.78, 5) is 27.3. The predicted molar refractivity (Wildman–Crippen MR) is 120 cm³/mol. The van der Waals surface area contributed by atoms with Gasteiger partial charge in [-0.05, 0) is 63.0 Å². The first-order chi connectivity index (χ1) is 15.1. The normalized spacial score (nSPS) is 17.1. The quantitative estimate of drug-likeness (QED) is 0.608. The summed E-state index contributed by atoms with van der Waals surface area (Å²) < 4.78 is 5.56. The van der Waals surface area contributed by atoms with Crippen molar-refractivity contribution in [3.05, 3.63) is 59.7 Å². The minimum atomic E-state index is -0.293. The van der Waals surface area contributed by atoms with E-state index in [2.05, 4.69) is 26.9 Å². The Bertz CT molecular complexity index is 923. The molecule has 1 saturated carbocycles. The molecule has 1 saturated heterocycles. The van der Waals surface area contributed by atoms with Crippen molar-refractivity contribution in [3.63, 3.8) is 0 Å². The number of hydrogen-bond donors (Lipinski definition) is 3. The van der Waals surface area contributed by atoms with Crippen LogP contribution in [0.1, 0.15) is 47.6 Å². The molecule has 0 aromatic heterocycles. The molecular formula is C24H30N4O3. The van der Waals surface area contributed by atoms with Gasteiger partial charge in [0.25, 0.3) is 5.91 Å². The fourth-order valence-corrected chi connectivity index (χ4v) is 4.03. The van der Waals surface area contributed by atoms with Gasteiger partial charge in [-0.15, -0.1) is 0 Å². The van der Waals surface area contributed by atoms with E-state index in [-0.39, 0.29) is 18.0 Å². The van der Waals surface area contributed by atoms with Crippen LogP contribution < -0.4 is 20.7 Å². The van der Waals surface area contributed by atoms with Gasteiger partial charge in [-0.1, -0.05) is 24.3 Å². The zero-order valence-corrected chi connectivity index (χ0v) is 17.9. The van der Waals surface area contributed by atoms with Gasteiger partial charge < -0.3 is 20.7 Å². The number of likely N-dealkylation sites (tertiary alicyclic amines) is 1. The number of amides is 3. The molecule has 0 bridgehead atoms. The number of urea groups is 1. The van der Waals surface area contributed by atoms with E-state index >= 15 is 0 Å². The maximum Gasteiger partial charge on any atom is 0.319 e. The van der Waals surface area contributed by atoms with E-state index in [1.54, 1.807) is 31.4 Å². The van der Waals surface area contributed by atoms with Gasteiger partial charge in [0, 0.05) is 29.4 Å². The molecule has 1 aliphatic carbocycles. The highest BCUT2D eigenvalue weighted by Gasteiger charge is 2.26. The van der Waals surface area contributed by atoms with Crippen LogP contribution in [0.4, 0.5) is 10.5 Å². The van der Waals surface area contributed by atoms with Crippen LogP contribution in [0.3, 0.4) is 0 Å². The first-order valence-corrected chi connectivity index (χ1v) is 11.0. The molecule has 7 heteroatoms. The van der Waals surface area contributed by atoms with Crippen molar-refractivity contribution in [2.24, 2.45) is 0 Å². The van der Waals surface area contributed by atoms with Gasteiger partial charge in [-0.25, -0.2) is 4.79 Å². The molecule has 0 radical (unpaired) electrons. The molecule has 2 fully saturated rings. The molecule has 2 aromatic carbocycles. The average molecular weight is 423 g/mol. The van der Waals surface area contributed by atoms with Crippen molar-refractivity contribution in [3.8, 4) is 5.75 Å². The first kappa shape index (κ1) is 21.2. The van der Waals surface area contributed by atoms with Crippen LogP contribution in [-0.2, 0) is 0 Å². The third-order valence-electron chi connectivity index (χ3n) is 5.83. The van der Waals surface area contributed by atoms with E-state index in [0.29, 0.717) is 23.8 Å². The van der Waals surface area contributed by atoms with E-state index in [4.69, 9.17) is 4.74 Å². The number of carbonyl (C=O) groups is 2. The molecule has 2 aliphatic rings. The average Bonchev–Trinajstić information content (AvgIpc) is 3.44. The van der Waals surface area contributed by atoms with Crippen molar-refractivity contribution in [2.45, 2.75) is 37.8 Å². The van der Waals surface area contributed by atoms with Crippen LogP contribution in [-0.4, -0.2) is 49.6 Å². The van der Waals surface area contributed by atoms with Crippen LogP contribution >= 0.6 is 0 Å². The monoisotopic (exact) mass is 422 g/mol. The first-order valence-electron chi connectivity index (χ1n) is 11.0. The number of anilines is 1. The lowest BCUT2D eigenvalue weighted by atomic mass is 10.0. The van der Waals surface area contributed by atoms with Gasteiger partial charge in [0.2, 0.25) is 0 Å². The third kappa shape index (κ3) is 5.55. The minimum absolute atomic E-state index is 0.0417. The van der Waals surface area contributed by atoms with Gasteiger partial charge in [-0.2, -0.15) is 0 Å². The summed E-state index contributed by atoms with van der Waals surface area (Å²) in [5.74, 6) is 0.729. The Labute approximate surface area is 183 Å². The summed E-state index contributed by atoms with van der Waals surface area (Å²) in [5.41, 5.74) is 2.22. The maximum absolute atomic E-state index is 12.6. The minimum Gasteiger partial charge on any atom is -0.496 e. The molecule has 1 unspecified atom stereocenters. The highest BCUT2D eigenvalue weighted by Crippen LogP contribution is 2.31. The van der Waals surface area contributed by atoms with E-state index in [1.165, 1.54) is 0 Å². The molecule has 7 nitrogen and oxygen atoms in total. The Balaban J connectivity index is 1.39. The zero-order chi connectivity index (χ0) is 21.6. The number of nitrogens with one attached hydrogen (secondary N) is 3. The number of ether oxygens (including phenoxy) is 1. The summed E-state index contributed by atoms with van der Waals surface area (Å²) in [7, 11) is 1.67. The van der Waals surface area contributed by atoms with Gasteiger partial charge in [0.05, 0.1) is 13.2 Å². The van der Waals surface area contributed by atoms with Crippen molar-refractivity contribution >= 4 is 17.6 Å². The molecule has 1 aliphatic heterocycles. The molecule has 1 atom stereocenters. The second-order valence-corrected chi connectivity index (χ2v) is 8.16. The van der Waals surface area contributed by atoms with E-state index in [1.807, 2.05) is 18.2 Å². The molecule has 4 rings (SSSR count). The van der Waals surface area contributed by atoms with Gasteiger partial charge in [-0.3, -0.25) is 9.69 Å². The van der Waals surface area contributed by atoms with E-state index in [9.17, 15) is 9.59 Å². The Morgan fingerprint density at radius 2 is 1.87 bits per heavy atom. The fourth-order valence-electron chi connectivity index (χ4n) is 4.03. The molecule has 0 spiro atoms. The molecule has 31 heavy (non-hydrogen) atoms. The standard InChI is InChI=1S/C24H30N4O3/c1-31-22-10-3-2-9-20(22)21(28-13-4-5-14-28)16-25-24(30)27-19-8-6-7-17(15-19)23(29)26-18-11-12-18/h2-3,6-10,15,18,21H,4-5,11-14,16H2,1H3,(H,26,29)(H2,25,27,30). The third-order valence-corrected chi connectivity index (χ3v) is 5.83. The molecular weight excluding hydrogens is 392 g/mol. The highest BCUT2D eigenvalue weighted by molar-refractivity contribution is 5.97. The fraction of sp³-hybridized carbons (Fsp3) is 0.417. The number of rotatable bonds is 8. The number of benzene rings is 2. The smallest absolute Gasteiger partial charge is 0.319 e. The summed E-state index contributed by atoms with van der Waals surface area (Å²) in [6, 6.07) is 15.0. The lowest BCUT2D eigenvalue weighted by molar-refractivity contribution is 0.0951. The van der Waals surface area contributed by atoms with Crippen LogP contribution in [0.25, 0.3) is 0 Å². The van der Waals surface area contributed by atoms with Crippen molar-refractivity contribution in [1.82, 2.24) is 15.5 Å². The summed E-state index contributed by atoms with van der Waals surface area (Å²) in [6.45, 7) is 2.47. The van der Waals surface area contributed by atoms with Crippen LogP contribution in [0.15, 0.2) is 48.5 Å². The predicted octanol–water partition coefficient (Wildman–Crippen LogP) is 3.55. The summed E-state index contributed by atoms with van der Waals surface area (Å²) in [6.07, 6.45) is 4.40. The van der Waals surface area contributed by atoms with E-state index in [0.717, 1.165) is 50.1 Å². The van der Waals surface area contributed by atoms with Crippen LogP contribution in [0, 0.1) is 0 Å². The molecule has 3 amide bonds. The number of nitrogens with zero attached hydrogens (tertiary/aromatic N) is 1. The Hall–Kier alpha value is -3.06. The van der Waals surface area contributed by atoms with Gasteiger partial charge in [0.15, 0.2) is 0 Å². The summed E-state index contributed by atoms with van der Waals surface area (Å²) >= 11 is 0. The number of para-hydroxylation sites is 1. The van der Waals surface area contributed by atoms with Crippen molar-refractivity contribution in [1.29, 1.82) is 0 Å². The van der Waals surface area contributed by atoms with E-state index < -0.39 is 0 Å². The molecule has 3 N–H and O–H groups in total. The Kier molecular flexibility index (Phi) is 6.72. The highest BCUT2D eigenvalue weighted by atomic mass is 16.5. The molecule has 1 heterocycles. The number of hydrogen-bond acceptors (Lipinski definition) is 4. The molecule has 2 aromatic rings. The van der Waals surface area contributed by atoms with Gasteiger partial charge >= 0.3 is 6.03 Å². The lowest BCUT2D eigenvalue weighted by Crippen LogP contribution is -2.38. The maximum atomic E-state index is 12.6. The zero-order valence-electron chi connectivity index (χ0n) is 17.9. The lowest BCUT2D eigenvalue weighted by Gasteiger charge is -2.29. The van der Waals surface area contributed by atoms with Gasteiger partial charge in [0.1, 0.15) is 5.75 Å². The summed E-state index contributed by atoms with van der Waals surface area (Å²) in [5, 5.41) is 8.82. The topological polar surface area (TPSA) is 82.7 Å². The Morgan fingerprint density at radius 3 is 2.61 bits per heavy atom. The van der Waals surface area contributed by atoms with Crippen molar-refractivity contribution < 1.29 is 14.3 Å². The molecule has 164 valence electrons. The SMILES string of the molecule is COc1ccccc1C(CNC(=O)Nc1cccc(C(=O)NC2CC2)c1)N1CCCC1. The van der Waals surface area contributed by atoms with Crippen LogP contribution in [0.5, 0.6) is 5.75 Å². The second kappa shape index (κ2) is 9.83.